The molecule has 0 aliphatic rings. The Kier molecular flexibility index (Phi) is 5.84. The van der Waals surface area contributed by atoms with E-state index in [9.17, 15) is 0 Å². The number of aryl methyl sites for hydroxylation is 1. The lowest BCUT2D eigenvalue weighted by Crippen LogP contribution is -2.21. The average molecular weight is 346 g/mol. The normalized spacial score (nSPS) is 11.8. The highest BCUT2D eigenvalue weighted by Gasteiger charge is 2.15. The molecule has 3 rings (SSSR count). The fourth-order valence-electron chi connectivity index (χ4n) is 2.75. The Morgan fingerprint density at radius 1 is 0.962 bits per heavy atom. The Morgan fingerprint density at radius 2 is 1.62 bits per heavy atom. The maximum Gasteiger partial charge on any atom is 0.232 e. The molecule has 1 atom stereocenters. The van der Waals surface area contributed by atoms with Gasteiger partial charge < -0.3 is 10.2 Å². The fourth-order valence-corrected chi connectivity index (χ4v) is 2.75. The van der Waals surface area contributed by atoms with E-state index in [1.165, 1.54) is 5.56 Å². The molecule has 3 aromatic rings. The van der Waals surface area contributed by atoms with Crippen LogP contribution < -0.4 is 10.2 Å². The van der Waals surface area contributed by atoms with Gasteiger partial charge in [0, 0.05) is 23.5 Å². The summed E-state index contributed by atoms with van der Waals surface area (Å²) in [6, 6.07) is 23.1. The van der Waals surface area contributed by atoms with E-state index in [2.05, 4.69) is 60.5 Å². The van der Waals surface area contributed by atoms with Gasteiger partial charge in [0.05, 0.1) is 6.54 Å². The van der Waals surface area contributed by atoms with Gasteiger partial charge in [0.15, 0.2) is 0 Å². The van der Waals surface area contributed by atoms with Crippen molar-refractivity contribution in [2.24, 2.45) is 0 Å². The lowest BCUT2D eigenvalue weighted by atomic mass is 10.2. The molecule has 134 valence electrons. The summed E-state index contributed by atoms with van der Waals surface area (Å²) in [4.78, 5) is 11.7. The van der Waals surface area contributed by atoms with E-state index in [0.717, 1.165) is 30.2 Å². The van der Waals surface area contributed by atoms with Gasteiger partial charge in [0.1, 0.15) is 5.82 Å². The molecule has 0 aliphatic heterocycles. The van der Waals surface area contributed by atoms with Crippen molar-refractivity contribution in [3.05, 3.63) is 78.0 Å². The first-order chi connectivity index (χ1) is 12.7. The molecule has 1 N–H and O–H groups in total. The molecular weight excluding hydrogens is 320 g/mol. The van der Waals surface area contributed by atoms with Crippen molar-refractivity contribution >= 4 is 17.5 Å². The molecule has 0 spiro atoms. The van der Waals surface area contributed by atoms with Crippen LogP contribution in [0.4, 0.5) is 17.5 Å². The van der Waals surface area contributed by atoms with Gasteiger partial charge in [-0.1, -0.05) is 55.5 Å². The van der Waals surface area contributed by atoms with Gasteiger partial charge in [-0.15, -0.1) is 0 Å². The van der Waals surface area contributed by atoms with Crippen molar-refractivity contribution in [2.75, 3.05) is 10.2 Å². The van der Waals surface area contributed by atoms with Gasteiger partial charge in [-0.2, -0.15) is 4.98 Å². The highest BCUT2D eigenvalue weighted by molar-refractivity contribution is 5.59. The first-order valence-electron chi connectivity index (χ1n) is 9.14. The zero-order valence-corrected chi connectivity index (χ0v) is 15.7. The SMILES string of the molecule is CCC(C)Nc1cc(C)nc(N(Cc2ccccc2)c2ccccc2)n1. The molecule has 1 unspecified atom stereocenters. The number of hydrogen-bond acceptors (Lipinski definition) is 4. The van der Waals surface area contributed by atoms with Crippen LogP contribution in [0.15, 0.2) is 66.7 Å². The molecule has 4 heteroatoms. The number of rotatable bonds is 7. The predicted octanol–water partition coefficient (Wildman–Crippen LogP) is 5.33. The minimum atomic E-state index is 0.372. The van der Waals surface area contributed by atoms with E-state index < -0.39 is 0 Å². The summed E-state index contributed by atoms with van der Waals surface area (Å²) < 4.78 is 0. The van der Waals surface area contributed by atoms with Crippen LogP contribution in [0.5, 0.6) is 0 Å². The topological polar surface area (TPSA) is 41.1 Å². The summed E-state index contributed by atoms with van der Waals surface area (Å²) in [5.74, 6) is 1.58. The smallest absolute Gasteiger partial charge is 0.232 e. The maximum absolute atomic E-state index is 4.80. The number of para-hydroxylation sites is 1. The number of aromatic nitrogens is 2. The van der Waals surface area contributed by atoms with Crippen LogP contribution in [0, 0.1) is 6.92 Å². The second-order valence-corrected chi connectivity index (χ2v) is 6.56. The van der Waals surface area contributed by atoms with Gasteiger partial charge >= 0.3 is 0 Å². The van der Waals surface area contributed by atoms with Gasteiger partial charge in [-0.05, 0) is 38.0 Å². The number of nitrogens with one attached hydrogen (secondary N) is 1. The molecule has 0 radical (unpaired) electrons. The number of benzene rings is 2. The molecule has 0 saturated carbocycles. The van der Waals surface area contributed by atoms with E-state index in [0.29, 0.717) is 12.0 Å². The van der Waals surface area contributed by atoms with Crippen LogP contribution in [0.3, 0.4) is 0 Å². The molecule has 0 aliphatic carbocycles. The lowest BCUT2D eigenvalue weighted by Gasteiger charge is -2.24. The van der Waals surface area contributed by atoms with Crippen molar-refractivity contribution in [1.82, 2.24) is 9.97 Å². The molecular formula is C22H26N4. The summed E-state index contributed by atoms with van der Waals surface area (Å²) in [5, 5.41) is 3.47. The molecule has 0 fully saturated rings. The first kappa shape index (κ1) is 17.9. The third kappa shape index (κ3) is 4.60. The second-order valence-electron chi connectivity index (χ2n) is 6.56. The minimum absolute atomic E-state index is 0.372. The Labute approximate surface area is 155 Å². The third-order valence-corrected chi connectivity index (χ3v) is 4.34. The fraction of sp³-hybridized carbons (Fsp3) is 0.273. The predicted molar refractivity (Wildman–Crippen MR) is 109 cm³/mol. The molecule has 0 bridgehead atoms. The van der Waals surface area contributed by atoms with Crippen molar-refractivity contribution in [3.63, 3.8) is 0 Å². The zero-order chi connectivity index (χ0) is 18.4. The van der Waals surface area contributed by atoms with Crippen LogP contribution in [0.1, 0.15) is 31.5 Å². The van der Waals surface area contributed by atoms with Gasteiger partial charge in [0.2, 0.25) is 5.95 Å². The molecule has 2 aromatic carbocycles. The Hall–Kier alpha value is -2.88. The Morgan fingerprint density at radius 3 is 2.27 bits per heavy atom. The summed E-state index contributed by atoms with van der Waals surface area (Å²) in [7, 11) is 0. The number of nitrogens with zero attached hydrogens (tertiary/aromatic N) is 3. The summed E-state index contributed by atoms with van der Waals surface area (Å²) in [6.45, 7) is 7.06. The van der Waals surface area contributed by atoms with Gasteiger partial charge in [-0.3, -0.25) is 0 Å². The van der Waals surface area contributed by atoms with Crippen molar-refractivity contribution < 1.29 is 0 Å². The van der Waals surface area contributed by atoms with E-state index in [-0.39, 0.29) is 0 Å². The summed E-state index contributed by atoms with van der Waals surface area (Å²) >= 11 is 0. The van der Waals surface area contributed by atoms with Crippen LogP contribution in [-0.2, 0) is 6.54 Å². The minimum Gasteiger partial charge on any atom is -0.367 e. The maximum atomic E-state index is 4.80. The molecule has 26 heavy (non-hydrogen) atoms. The monoisotopic (exact) mass is 346 g/mol. The van der Waals surface area contributed by atoms with Gasteiger partial charge in [0.25, 0.3) is 0 Å². The average Bonchev–Trinajstić information content (AvgIpc) is 2.67. The molecule has 0 amide bonds. The number of anilines is 3. The van der Waals surface area contributed by atoms with Crippen LogP contribution in [0.2, 0.25) is 0 Å². The van der Waals surface area contributed by atoms with E-state index in [1.807, 2.05) is 37.3 Å². The summed E-state index contributed by atoms with van der Waals surface area (Å²) in [5.41, 5.74) is 3.25. The van der Waals surface area contributed by atoms with Crippen molar-refractivity contribution in [3.8, 4) is 0 Å². The molecule has 4 nitrogen and oxygen atoms in total. The molecule has 1 heterocycles. The standard InChI is InChI=1S/C22H26N4/c1-4-17(2)23-21-15-18(3)24-22(25-21)26(20-13-9-6-10-14-20)16-19-11-7-5-8-12-19/h5-15,17H,4,16H2,1-3H3,(H,23,24,25). The van der Waals surface area contributed by atoms with Crippen molar-refractivity contribution in [2.45, 2.75) is 39.8 Å². The second kappa shape index (κ2) is 8.48. The van der Waals surface area contributed by atoms with Crippen LogP contribution in [-0.4, -0.2) is 16.0 Å². The zero-order valence-electron chi connectivity index (χ0n) is 15.7. The lowest BCUT2D eigenvalue weighted by molar-refractivity contribution is 0.756. The molecule has 1 aromatic heterocycles. The summed E-state index contributed by atoms with van der Waals surface area (Å²) in [6.07, 6.45) is 1.05. The first-order valence-corrected chi connectivity index (χ1v) is 9.14. The van der Waals surface area contributed by atoms with E-state index in [1.54, 1.807) is 0 Å². The van der Waals surface area contributed by atoms with Crippen LogP contribution in [0.25, 0.3) is 0 Å². The Balaban J connectivity index is 1.98. The van der Waals surface area contributed by atoms with E-state index >= 15 is 0 Å². The van der Waals surface area contributed by atoms with Gasteiger partial charge in [-0.25, -0.2) is 4.98 Å². The largest absolute Gasteiger partial charge is 0.367 e. The third-order valence-electron chi connectivity index (χ3n) is 4.34. The highest BCUT2D eigenvalue weighted by Crippen LogP contribution is 2.26. The van der Waals surface area contributed by atoms with Crippen LogP contribution >= 0.6 is 0 Å². The van der Waals surface area contributed by atoms with Crippen molar-refractivity contribution in [1.29, 1.82) is 0 Å². The van der Waals surface area contributed by atoms with E-state index in [4.69, 9.17) is 9.97 Å². The highest BCUT2D eigenvalue weighted by atomic mass is 15.3. The Bertz CT molecular complexity index is 818. The quantitative estimate of drug-likeness (QED) is 0.627. The molecule has 0 saturated heterocycles. The number of hydrogen-bond donors (Lipinski definition) is 1.